The third kappa shape index (κ3) is 3.21. The average Bonchev–Trinajstić information content (AvgIpc) is 3.17. The number of carbonyl (C=O) groups is 2. The van der Waals surface area contributed by atoms with Crippen molar-refractivity contribution in [3.05, 3.63) is 33.6 Å². The molecular formula is C17H23N3O3S. The molecule has 1 atom stereocenters. The summed E-state index contributed by atoms with van der Waals surface area (Å²) in [5.41, 5.74) is 3.00. The van der Waals surface area contributed by atoms with Crippen molar-refractivity contribution >= 4 is 28.3 Å². The molecule has 1 N–H and O–H groups in total. The Kier molecular flexibility index (Phi) is 5.43. The number of hydrogen-bond acceptors (Lipinski definition) is 5. The van der Waals surface area contributed by atoms with E-state index in [9.17, 15) is 9.59 Å². The lowest BCUT2D eigenvalue weighted by Crippen LogP contribution is -2.27. The Balaban J connectivity index is 2.32. The lowest BCUT2D eigenvalue weighted by Gasteiger charge is -2.13. The molecule has 0 spiro atoms. The number of nitrogens with zero attached hydrogens (tertiary/aromatic N) is 2. The van der Waals surface area contributed by atoms with Crippen LogP contribution in [-0.4, -0.2) is 36.0 Å². The summed E-state index contributed by atoms with van der Waals surface area (Å²) >= 11 is 1.44. The van der Waals surface area contributed by atoms with Crippen LogP contribution in [0.2, 0.25) is 0 Å². The summed E-state index contributed by atoms with van der Waals surface area (Å²) in [6, 6.07) is 0. The molecule has 0 bridgehead atoms. The monoisotopic (exact) mass is 349 g/mol. The van der Waals surface area contributed by atoms with Gasteiger partial charge in [-0.05, 0) is 31.7 Å². The first-order valence-corrected chi connectivity index (χ1v) is 8.70. The number of ether oxygens (including phenoxy) is 1. The molecule has 7 heteroatoms. The summed E-state index contributed by atoms with van der Waals surface area (Å²) in [5.74, 6) is -0.314. The minimum Gasteiger partial charge on any atom is -0.465 e. The lowest BCUT2D eigenvalue weighted by molar-refractivity contribution is 0.0599. The fraction of sp³-hybridized carbons (Fsp3) is 0.471. The first-order chi connectivity index (χ1) is 11.3. The number of aryl methyl sites for hydroxylation is 1. The highest BCUT2D eigenvalue weighted by Gasteiger charge is 2.26. The van der Waals surface area contributed by atoms with Gasteiger partial charge in [0.25, 0.3) is 5.91 Å². The molecule has 0 fully saturated rings. The smallest absolute Gasteiger partial charge is 0.339 e. The van der Waals surface area contributed by atoms with E-state index in [0.29, 0.717) is 33.6 Å². The largest absolute Gasteiger partial charge is 0.465 e. The van der Waals surface area contributed by atoms with Gasteiger partial charge in [-0.25, -0.2) is 9.78 Å². The summed E-state index contributed by atoms with van der Waals surface area (Å²) in [4.78, 5) is 33.7. The second-order valence-electron chi connectivity index (χ2n) is 5.84. The van der Waals surface area contributed by atoms with Gasteiger partial charge in [0.1, 0.15) is 5.69 Å². The van der Waals surface area contributed by atoms with Gasteiger partial charge in [-0.2, -0.15) is 0 Å². The van der Waals surface area contributed by atoms with E-state index in [1.54, 1.807) is 20.9 Å². The van der Waals surface area contributed by atoms with E-state index in [2.05, 4.69) is 23.8 Å². The lowest BCUT2D eigenvalue weighted by atomic mass is 10.1. The minimum absolute atomic E-state index is 0.226. The molecule has 0 unspecified atom stereocenters. The Morgan fingerprint density at radius 2 is 2.08 bits per heavy atom. The van der Waals surface area contributed by atoms with Crippen LogP contribution in [0.1, 0.15) is 64.0 Å². The van der Waals surface area contributed by atoms with Crippen molar-refractivity contribution in [3.8, 4) is 0 Å². The predicted molar refractivity (Wildman–Crippen MR) is 95.2 cm³/mol. The van der Waals surface area contributed by atoms with Crippen molar-refractivity contribution in [2.24, 2.45) is 0 Å². The molecule has 1 amide bonds. The van der Waals surface area contributed by atoms with Crippen molar-refractivity contribution in [2.75, 3.05) is 19.1 Å². The van der Waals surface area contributed by atoms with E-state index < -0.39 is 5.97 Å². The molecule has 2 rings (SSSR count). The first-order valence-electron chi connectivity index (χ1n) is 7.82. The molecule has 0 aliphatic carbocycles. The normalized spacial score (nSPS) is 12.1. The van der Waals surface area contributed by atoms with Crippen LogP contribution in [0.3, 0.4) is 0 Å². The number of carbonyl (C=O) groups excluding carboxylic acids is 2. The SMILES string of the molecule is CC[C@@H](C)c1csc(N(C)C(=O)c2[nH]c(C)c(C(=O)OC)c2C)n1. The maximum absolute atomic E-state index is 12.8. The van der Waals surface area contributed by atoms with Gasteiger partial charge >= 0.3 is 5.97 Å². The predicted octanol–water partition coefficient (Wildman–Crippen LogP) is 3.66. The third-order valence-corrected chi connectivity index (χ3v) is 5.19. The second kappa shape index (κ2) is 7.17. The van der Waals surface area contributed by atoms with Crippen LogP contribution in [0.4, 0.5) is 5.13 Å². The molecule has 0 radical (unpaired) electrons. The van der Waals surface area contributed by atoms with Crippen molar-refractivity contribution in [1.29, 1.82) is 0 Å². The zero-order chi connectivity index (χ0) is 18.0. The van der Waals surface area contributed by atoms with Crippen molar-refractivity contribution in [1.82, 2.24) is 9.97 Å². The average molecular weight is 349 g/mol. The number of amides is 1. The topological polar surface area (TPSA) is 75.3 Å². The van der Waals surface area contributed by atoms with E-state index in [1.165, 1.54) is 23.3 Å². The highest BCUT2D eigenvalue weighted by atomic mass is 32.1. The minimum atomic E-state index is -0.448. The highest BCUT2D eigenvalue weighted by Crippen LogP contribution is 2.28. The summed E-state index contributed by atoms with van der Waals surface area (Å²) in [6.07, 6.45) is 0.998. The van der Waals surface area contributed by atoms with Gasteiger partial charge < -0.3 is 9.72 Å². The Morgan fingerprint density at radius 3 is 2.67 bits per heavy atom. The van der Waals surface area contributed by atoms with E-state index in [1.807, 2.05) is 5.38 Å². The maximum Gasteiger partial charge on any atom is 0.339 e. The van der Waals surface area contributed by atoms with Crippen molar-refractivity contribution in [2.45, 2.75) is 40.0 Å². The molecule has 0 saturated heterocycles. The Labute approximate surface area is 145 Å². The van der Waals surface area contributed by atoms with Gasteiger partial charge in [-0.3, -0.25) is 9.69 Å². The molecule has 2 aromatic rings. The molecular weight excluding hydrogens is 326 g/mol. The van der Waals surface area contributed by atoms with Crippen LogP contribution in [-0.2, 0) is 4.74 Å². The molecule has 2 heterocycles. The zero-order valence-corrected chi connectivity index (χ0v) is 15.7. The van der Waals surface area contributed by atoms with Crippen LogP contribution in [0.25, 0.3) is 0 Å². The molecule has 0 aromatic carbocycles. The number of anilines is 1. The number of nitrogens with one attached hydrogen (secondary N) is 1. The first kappa shape index (κ1) is 18.2. The second-order valence-corrected chi connectivity index (χ2v) is 6.68. The molecule has 130 valence electrons. The van der Waals surface area contributed by atoms with Crippen molar-refractivity contribution in [3.63, 3.8) is 0 Å². The van der Waals surface area contributed by atoms with Gasteiger partial charge in [0.15, 0.2) is 5.13 Å². The fourth-order valence-corrected chi connectivity index (χ4v) is 3.40. The van der Waals surface area contributed by atoms with Crippen LogP contribution in [0.5, 0.6) is 0 Å². The Morgan fingerprint density at radius 1 is 1.42 bits per heavy atom. The van der Waals surface area contributed by atoms with Crippen LogP contribution < -0.4 is 4.90 Å². The molecule has 0 aliphatic heterocycles. The molecule has 0 saturated carbocycles. The maximum atomic E-state index is 12.8. The Hall–Kier alpha value is -2.15. The molecule has 6 nitrogen and oxygen atoms in total. The van der Waals surface area contributed by atoms with Crippen LogP contribution >= 0.6 is 11.3 Å². The fourth-order valence-electron chi connectivity index (χ4n) is 2.49. The van der Waals surface area contributed by atoms with E-state index in [4.69, 9.17) is 4.74 Å². The standard InChI is InChI=1S/C17H23N3O3S/c1-7-9(2)12-8-24-17(19-12)20(5)15(21)14-10(3)13(11(4)18-14)16(22)23-6/h8-9,18H,7H2,1-6H3/t9-/m1/s1. The van der Waals surface area contributed by atoms with Gasteiger partial charge in [0, 0.05) is 18.1 Å². The van der Waals surface area contributed by atoms with Gasteiger partial charge in [0.2, 0.25) is 0 Å². The third-order valence-electron chi connectivity index (χ3n) is 4.26. The number of aromatic amines is 1. The van der Waals surface area contributed by atoms with E-state index in [0.717, 1.165) is 12.1 Å². The number of rotatable bonds is 5. The number of H-pyrrole nitrogens is 1. The van der Waals surface area contributed by atoms with Crippen LogP contribution in [0, 0.1) is 13.8 Å². The summed E-state index contributed by atoms with van der Waals surface area (Å²) in [6.45, 7) is 7.71. The highest BCUT2D eigenvalue weighted by molar-refractivity contribution is 7.14. The summed E-state index contributed by atoms with van der Waals surface area (Å²) in [5, 5.41) is 2.63. The van der Waals surface area contributed by atoms with E-state index in [-0.39, 0.29) is 5.91 Å². The summed E-state index contributed by atoms with van der Waals surface area (Å²) < 4.78 is 4.78. The number of methoxy groups -OCH3 is 1. The molecule has 0 aliphatic rings. The number of hydrogen-bond donors (Lipinski definition) is 1. The van der Waals surface area contributed by atoms with Gasteiger partial charge in [-0.15, -0.1) is 11.3 Å². The number of esters is 1. The molecule has 2 aromatic heterocycles. The van der Waals surface area contributed by atoms with Gasteiger partial charge in [0.05, 0.1) is 18.4 Å². The molecule has 24 heavy (non-hydrogen) atoms. The van der Waals surface area contributed by atoms with Crippen molar-refractivity contribution < 1.29 is 14.3 Å². The quantitative estimate of drug-likeness (QED) is 0.836. The Bertz CT molecular complexity index is 763. The zero-order valence-electron chi connectivity index (χ0n) is 14.9. The number of aromatic nitrogens is 2. The number of thiazole rings is 1. The summed E-state index contributed by atoms with van der Waals surface area (Å²) in [7, 11) is 3.02. The van der Waals surface area contributed by atoms with E-state index >= 15 is 0 Å². The van der Waals surface area contributed by atoms with Crippen LogP contribution in [0.15, 0.2) is 5.38 Å². The van der Waals surface area contributed by atoms with Gasteiger partial charge in [-0.1, -0.05) is 13.8 Å².